The minimum atomic E-state index is -3.75. The summed E-state index contributed by atoms with van der Waals surface area (Å²) in [6.07, 6.45) is -29.0. The highest BCUT2D eigenvalue weighted by Gasteiger charge is 2.66. The van der Waals surface area contributed by atoms with E-state index in [4.69, 9.17) is 23.7 Å². The zero-order valence-electron chi connectivity index (χ0n) is 39.6. The van der Waals surface area contributed by atoms with Crippen molar-refractivity contribution >= 4 is 23.7 Å². The fraction of sp³-hybridized carbons (Fsp3) is 0.440. The molecule has 1 saturated carbocycles. The third kappa shape index (κ3) is 10.6. The third-order valence-electron chi connectivity index (χ3n) is 13.8. The van der Waals surface area contributed by atoms with Crippen molar-refractivity contribution in [1.29, 1.82) is 0 Å². The number of hydrogen-bond donors (Lipinski definition) is 19. The molecule has 19 N–H and O–H groups in total. The number of aliphatic hydroxyl groups is 17. The van der Waals surface area contributed by atoms with Gasteiger partial charge in [-0.05, 0) is 52.6 Å². The van der Waals surface area contributed by atoms with E-state index in [1.807, 2.05) is 0 Å². The average Bonchev–Trinajstić information content (AvgIpc) is 3.93. The number of Topliss-reactive ketones (excluding diaryl/α,β-unsaturated/α-hetero) is 2. The van der Waals surface area contributed by atoms with Crippen molar-refractivity contribution in [3.63, 3.8) is 0 Å². The zero-order chi connectivity index (χ0) is 56.0. The van der Waals surface area contributed by atoms with Crippen molar-refractivity contribution in [1.82, 2.24) is 0 Å². The van der Waals surface area contributed by atoms with Crippen LogP contribution in [-0.4, -0.2) is 232 Å². The summed E-state index contributed by atoms with van der Waals surface area (Å²) < 4.78 is 27.6. The number of carbonyl (C=O) groups excluding carboxylic acids is 2. The van der Waals surface area contributed by atoms with Crippen molar-refractivity contribution in [3.8, 4) is 11.5 Å². The molecule has 2 aromatic carbocycles. The highest BCUT2D eigenvalue weighted by Crippen LogP contribution is 2.55. The van der Waals surface area contributed by atoms with Gasteiger partial charge in [-0.1, -0.05) is 55.7 Å². The molecule has 5 aliphatic rings. The number of rotatable bonds is 16. The minimum absolute atomic E-state index is 0.134. The number of allylic oxidation sites excluding steroid dienone is 4. The van der Waals surface area contributed by atoms with Gasteiger partial charge in [0.25, 0.3) is 11.6 Å². The summed E-state index contributed by atoms with van der Waals surface area (Å²) in [5.74, 6) is -19.2. The number of phenolic OH excluding ortho intramolecular Hbond substituents is 2. The summed E-state index contributed by atoms with van der Waals surface area (Å²) in [6.45, 7) is 4.02. The molecule has 3 aliphatic heterocycles. The lowest BCUT2D eigenvalue weighted by Gasteiger charge is -2.47. The van der Waals surface area contributed by atoms with Crippen molar-refractivity contribution in [2.45, 2.75) is 104 Å². The van der Waals surface area contributed by atoms with E-state index in [9.17, 15) is 107 Å². The second kappa shape index (κ2) is 22.7. The molecule has 0 amide bonds. The first-order valence-corrected chi connectivity index (χ1v) is 23.2. The van der Waals surface area contributed by atoms with E-state index in [2.05, 4.69) is 13.2 Å². The zero-order valence-corrected chi connectivity index (χ0v) is 39.6. The van der Waals surface area contributed by atoms with E-state index in [0.717, 1.165) is 12.2 Å². The Morgan fingerprint density at radius 3 is 1.67 bits per heavy atom. The van der Waals surface area contributed by atoms with Crippen LogP contribution in [0.25, 0.3) is 12.2 Å². The van der Waals surface area contributed by atoms with E-state index in [1.54, 1.807) is 0 Å². The first-order valence-electron chi connectivity index (χ1n) is 23.2. The van der Waals surface area contributed by atoms with Crippen LogP contribution >= 0.6 is 0 Å². The van der Waals surface area contributed by atoms with Gasteiger partial charge in [0, 0.05) is 17.4 Å². The molecule has 19 unspecified atom stereocenters. The Morgan fingerprint density at radius 1 is 0.684 bits per heavy atom. The first-order chi connectivity index (χ1) is 35.7. The number of phenols is 2. The molecule has 0 spiro atoms. The molecule has 2 aliphatic carbocycles. The fourth-order valence-corrected chi connectivity index (χ4v) is 9.42. The Balaban J connectivity index is 1.45. The van der Waals surface area contributed by atoms with E-state index < -0.39 is 192 Å². The topological polar surface area (TPSA) is 465 Å². The number of carbonyl (C=O) groups is 2. The number of benzene rings is 2. The maximum absolute atomic E-state index is 14.9. The maximum Gasteiger partial charge on any atom is 0.292 e. The lowest BCUT2D eigenvalue weighted by Crippen LogP contribution is -2.64. The van der Waals surface area contributed by atoms with Gasteiger partial charge in [0.05, 0.1) is 31.0 Å². The molecule has 0 radical (unpaired) electrons. The lowest BCUT2D eigenvalue weighted by atomic mass is 9.64. The Morgan fingerprint density at radius 2 is 1.17 bits per heavy atom. The molecule has 76 heavy (non-hydrogen) atoms. The van der Waals surface area contributed by atoms with Gasteiger partial charge in [0.15, 0.2) is 18.3 Å². The van der Waals surface area contributed by atoms with E-state index in [1.165, 1.54) is 60.7 Å². The van der Waals surface area contributed by atoms with Crippen molar-refractivity contribution < 1.29 is 130 Å². The molecule has 2 saturated heterocycles. The fourth-order valence-electron chi connectivity index (χ4n) is 9.42. The standard InChI is InChI=1S/C50H58O26/c1-18(3-4-20-5-10-22(52)11-6-20)28-36(59)32-31(42(39(62)33(56)25(55)15-51)76-46(32)50(71,43(28)65)73-17-27-35(58)38(61)41(64)48(69)75-27)30-19(2)29(24(54)14-9-21-7-12-23(53)13-8-21)44(66)49(70,45(30)67)72-16-26-34(57)37(60)40(63)47(68)74-26/h3-14,25-27,30-31,33-35,37-42,45,47-48,51-64,67-71H,1-2,15-17H2. The Bertz CT molecular complexity index is 2680. The Kier molecular flexibility index (Phi) is 17.3. The van der Waals surface area contributed by atoms with E-state index >= 15 is 0 Å². The SMILES string of the molecule is C=C(C=Cc1ccc(O)cc1)C1=C(O)C2=C(OC(C(O)C(O)C(O)CO)C2C2C(=C)C(=C(O)C=Cc3ccc(O)cc3)C(=O)C(O)(OCC3OC(O)C(O)C(O)C3O)C2O)C(O)(OCC2OC(O)C(O)C(O)C2O)C1=O. The number of ether oxygens (including phenoxy) is 5. The molecule has 7 rings (SSSR count). The molecule has 3 fully saturated rings. The summed E-state index contributed by atoms with van der Waals surface area (Å²) in [7, 11) is 0. The van der Waals surface area contributed by atoms with E-state index in [0.29, 0.717) is 5.56 Å². The van der Waals surface area contributed by atoms with Gasteiger partial charge in [-0.3, -0.25) is 9.59 Å². The molecule has 3 heterocycles. The van der Waals surface area contributed by atoms with Gasteiger partial charge in [0.2, 0.25) is 11.6 Å². The van der Waals surface area contributed by atoms with Crippen LogP contribution < -0.4 is 0 Å². The van der Waals surface area contributed by atoms with Crippen LogP contribution in [-0.2, 0) is 33.3 Å². The molecule has 19 atom stereocenters. The normalized spacial score (nSPS) is 37.1. The molecule has 26 heteroatoms. The van der Waals surface area contributed by atoms with Crippen LogP contribution in [0.3, 0.4) is 0 Å². The molecule has 0 aromatic heterocycles. The highest BCUT2D eigenvalue weighted by atomic mass is 16.7. The molecular weight excluding hydrogens is 1020 g/mol. The van der Waals surface area contributed by atoms with Gasteiger partial charge in [-0.2, -0.15) is 0 Å². The van der Waals surface area contributed by atoms with Gasteiger partial charge >= 0.3 is 0 Å². The minimum Gasteiger partial charge on any atom is -0.508 e. The van der Waals surface area contributed by atoms with Crippen molar-refractivity contribution in [2.75, 3.05) is 19.8 Å². The number of aliphatic hydroxyl groups excluding tert-OH is 15. The van der Waals surface area contributed by atoms with Crippen molar-refractivity contribution in [3.05, 3.63) is 130 Å². The predicted molar refractivity (Wildman–Crippen MR) is 251 cm³/mol. The summed E-state index contributed by atoms with van der Waals surface area (Å²) in [4.78, 5) is 29.5. The highest BCUT2D eigenvalue weighted by molar-refractivity contribution is 6.10. The lowest BCUT2D eigenvalue weighted by molar-refractivity contribution is -0.311. The number of aromatic hydroxyl groups is 2. The van der Waals surface area contributed by atoms with Gasteiger partial charge in [0.1, 0.15) is 102 Å². The average molecular weight is 1070 g/mol. The first kappa shape index (κ1) is 57.9. The Labute approximate surface area is 429 Å². The second-order valence-electron chi connectivity index (χ2n) is 18.6. The van der Waals surface area contributed by atoms with Crippen LogP contribution in [0, 0.1) is 11.8 Å². The maximum atomic E-state index is 14.9. The molecule has 26 nitrogen and oxygen atoms in total. The summed E-state index contributed by atoms with van der Waals surface area (Å²) >= 11 is 0. The predicted octanol–water partition coefficient (Wildman–Crippen LogP) is -4.94. The molecular formula is C50H58O26. The molecule has 0 bridgehead atoms. The monoisotopic (exact) mass is 1070 g/mol. The molecule has 2 aromatic rings. The van der Waals surface area contributed by atoms with Crippen LogP contribution in [0.15, 0.2) is 119 Å². The van der Waals surface area contributed by atoms with Gasteiger partial charge < -0.3 is 121 Å². The van der Waals surface area contributed by atoms with Crippen LogP contribution in [0.4, 0.5) is 0 Å². The third-order valence-corrected chi connectivity index (χ3v) is 13.8. The van der Waals surface area contributed by atoms with E-state index in [-0.39, 0.29) is 17.1 Å². The summed E-state index contributed by atoms with van der Waals surface area (Å²) in [5.41, 5.74) is -3.47. The van der Waals surface area contributed by atoms with Crippen LogP contribution in [0.5, 0.6) is 11.5 Å². The smallest absolute Gasteiger partial charge is 0.292 e. The number of ketones is 2. The second-order valence-corrected chi connectivity index (χ2v) is 18.6. The summed E-state index contributed by atoms with van der Waals surface area (Å²) in [5, 5.41) is 208. The van der Waals surface area contributed by atoms with Gasteiger partial charge in [-0.15, -0.1) is 0 Å². The van der Waals surface area contributed by atoms with Crippen molar-refractivity contribution in [2.24, 2.45) is 11.8 Å². The molecule has 414 valence electrons. The Hall–Kier alpha value is -5.80. The van der Waals surface area contributed by atoms with Crippen LogP contribution in [0.2, 0.25) is 0 Å². The number of hydrogen-bond acceptors (Lipinski definition) is 26. The van der Waals surface area contributed by atoms with Gasteiger partial charge in [-0.25, -0.2) is 0 Å². The largest absolute Gasteiger partial charge is 0.508 e. The quantitative estimate of drug-likeness (QED) is 0.0324. The summed E-state index contributed by atoms with van der Waals surface area (Å²) in [6, 6.07) is 10.7. The van der Waals surface area contributed by atoms with Crippen LogP contribution in [0.1, 0.15) is 11.1 Å².